The molecule has 0 aromatic rings. The first-order valence-electron chi connectivity index (χ1n) is 11.8. The molecule has 206 valence electrons. The van der Waals surface area contributed by atoms with Gasteiger partial charge in [0.2, 0.25) is 11.8 Å². The Morgan fingerprint density at radius 3 is 2.11 bits per heavy atom. The number of carbonyl (C=O) groups is 5. The van der Waals surface area contributed by atoms with Gasteiger partial charge in [-0.15, -0.1) is 0 Å². The summed E-state index contributed by atoms with van der Waals surface area (Å²) in [5, 5.41) is 16.6. The van der Waals surface area contributed by atoms with Gasteiger partial charge in [-0.1, -0.05) is 6.92 Å². The summed E-state index contributed by atoms with van der Waals surface area (Å²) in [6, 6.07) is 0. The summed E-state index contributed by atoms with van der Waals surface area (Å²) in [6.07, 6.45) is -4.26. The normalized spacial score (nSPS) is 25.4. The van der Waals surface area contributed by atoms with Crippen molar-refractivity contribution < 1.29 is 48.0 Å². The Kier molecular flexibility index (Phi) is 12.2. The molecule has 7 atom stereocenters. The highest BCUT2D eigenvalue weighted by molar-refractivity contribution is 5.76. The number of amides is 2. The Labute approximate surface area is 210 Å². The van der Waals surface area contributed by atoms with Crippen LogP contribution in [0.3, 0.4) is 0 Å². The smallest absolute Gasteiger partial charge is 0.303 e. The minimum Gasteiger partial charge on any atom is -0.465 e. The SMILES string of the molecule is CC(=O)NC1(C(O)OC(C)C(C)CC(=O)NCCCN)C(COC(C)=O)C(OC(C)=O)C1OC(C)=O. The molecule has 1 saturated carbocycles. The van der Waals surface area contributed by atoms with E-state index in [-0.39, 0.29) is 24.9 Å². The van der Waals surface area contributed by atoms with Gasteiger partial charge in [0.15, 0.2) is 12.4 Å². The molecule has 0 bridgehead atoms. The highest BCUT2D eigenvalue weighted by atomic mass is 16.6. The maximum Gasteiger partial charge on any atom is 0.303 e. The Hall–Kier alpha value is -2.77. The van der Waals surface area contributed by atoms with Gasteiger partial charge in [0, 0.05) is 40.7 Å². The molecule has 0 aliphatic heterocycles. The Morgan fingerprint density at radius 2 is 1.61 bits per heavy atom. The lowest BCUT2D eigenvalue weighted by Crippen LogP contribution is -2.83. The van der Waals surface area contributed by atoms with Crippen molar-refractivity contribution in [1.82, 2.24) is 10.6 Å². The van der Waals surface area contributed by atoms with Gasteiger partial charge >= 0.3 is 17.9 Å². The highest BCUT2D eigenvalue weighted by Gasteiger charge is 2.71. The molecule has 1 aliphatic carbocycles. The first-order valence-corrected chi connectivity index (χ1v) is 11.8. The number of esters is 3. The van der Waals surface area contributed by atoms with Crippen LogP contribution in [0.15, 0.2) is 0 Å². The van der Waals surface area contributed by atoms with Crippen molar-refractivity contribution >= 4 is 29.7 Å². The summed E-state index contributed by atoms with van der Waals surface area (Å²) >= 11 is 0. The molecular weight excluding hydrogens is 478 g/mol. The third-order valence-corrected chi connectivity index (χ3v) is 6.00. The average Bonchev–Trinajstić information content (AvgIpc) is 2.75. The number of nitrogens with one attached hydrogen (secondary N) is 2. The lowest BCUT2D eigenvalue weighted by Gasteiger charge is -2.59. The molecule has 0 aromatic carbocycles. The van der Waals surface area contributed by atoms with E-state index in [1.165, 1.54) is 13.8 Å². The number of carbonyl (C=O) groups excluding carboxylic acids is 5. The molecule has 0 heterocycles. The molecule has 0 radical (unpaired) electrons. The monoisotopic (exact) mass is 517 g/mol. The molecule has 1 aliphatic rings. The maximum absolute atomic E-state index is 12.2. The first kappa shape index (κ1) is 31.3. The molecule has 7 unspecified atom stereocenters. The number of rotatable bonds is 14. The maximum atomic E-state index is 12.2. The molecule has 13 heteroatoms. The molecule has 0 spiro atoms. The van der Waals surface area contributed by atoms with Crippen LogP contribution in [0.5, 0.6) is 0 Å². The molecule has 13 nitrogen and oxygen atoms in total. The number of aliphatic hydroxyl groups is 1. The molecule has 36 heavy (non-hydrogen) atoms. The van der Waals surface area contributed by atoms with Crippen LogP contribution >= 0.6 is 0 Å². The van der Waals surface area contributed by atoms with Crippen molar-refractivity contribution in [1.29, 1.82) is 0 Å². The lowest BCUT2D eigenvalue weighted by molar-refractivity contribution is -0.299. The van der Waals surface area contributed by atoms with Gasteiger partial charge in [0.05, 0.1) is 12.0 Å². The quantitative estimate of drug-likeness (QED) is 0.0969. The summed E-state index contributed by atoms with van der Waals surface area (Å²) in [6.45, 7) is 8.48. The number of hydrogen-bond acceptors (Lipinski definition) is 11. The van der Waals surface area contributed by atoms with E-state index in [4.69, 9.17) is 24.7 Å². The topological polar surface area (TPSA) is 193 Å². The van der Waals surface area contributed by atoms with Crippen molar-refractivity contribution in [2.24, 2.45) is 17.6 Å². The van der Waals surface area contributed by atoms with E-state index in [1.54, 1.807) is 13.8 Å². The molecule has 1 fully saturated rings. The number of hydrogen-bond donors (Lipinski definition) is 4. The van der Waals surface area contributed by atoms with E-state index in [0.717, 1.165) is 13.8 Å². The zero-order valence-corrected chi connectivity index (χ0v) is 21.7. The number of aliphatic hydroxyl groups excluding tert-OH is 1. The zero-order chi connectivity index (χ0) is 27.6. The largest absolute Gasteiger partial charge is 0.465 e. The highest BCUT2D eigenvalue weighted by Crippen LogP contribution is 2.47. The van der Waals surface area contributed by atoms with Crippen LogP contribution in [-0.2, 0) is 42.9 Å². The van der Waals surface area contributed by atoms with E-state index >= 15 is 0 Å². The number of nitrogens with two attached hydrogens (primary N) is 1. The van der Waals surface area contributed by atoms with Crippen LogP contribution < -0.4 is 16.4 Å². The van der Waals surface area contributed by atoms with E-state index in [9.17, 15) is 29.1 Å². The fourth-order valence-corrected chi connectivity index (χ4v) is 4.13. The average molecular weight is 518 g/mol. The van der Waals surface area contributed by atoms with Gasteiger partial charge in [0.1, 0.15) is 18.2 Å². The van der Waals surface area contributed by atoms with Crippen LogP contribution in [0.25, 0.3) is 0 Å². The summed E-state index contributed by atoms with van der Waals surface area (Å²) in [4.78, 5) is 59.5. The van der Waals surface area contributed by atoms with Crippen molar-refractivity contribution in [3.05, 3.63) is 0 Å². The Morgan fingerprint density at radius 1 is 1.00 bits per heavy atom. The van der Waals surface area contributed by atoms with E-state index in [0.29, 0.717) is 19.5 Å². The third kappa shape index (κ3) is 8.42. The second-order valence-electron chi connectivity index (χ2n) is 8.99. The van der Waals surface area contributed by atoms with Crippen LogP contribution in [0.4, 0.5) is 0 Å². The van der Waals surface area contributed by atoms with E-state index in [2.05, 4.69) is 10.6 Å². The van der Waals surface area contributed by atoms with Gasteiger partial charge < -0.3 is 40.4 Å². The van der Waals surface area contributed by atoms with Crippen LogP contribution in [-0.4, -0.2) is 84.7 Å². The van der Waals surface area contributed by atoms with Crippen molar-refractivity contribution in [2.45, 2.75) is 84.5 Å². The van der Waals surface area contributed by atoms with E-state index < -0.39 is 59.9 Å². The molecule has 5 N–H and O–H groups in total. The molecule has 2 amide bonds. The van der Waals surface area contributed by atoms with Crippen molar-refractivity contribution in [2.75, 3.05) is 19.7 Å². The van der Waals surface area contributed by atoms with Crippen molar-refractivity contribution in [3.63, 3.8) is 0 Å². The minimum absolute atomic E-state index is 0.0892. The lowest BCUT2D eigenvalue weighted by atomic mass is 9.60. The van der Waals surface area contributed by atoms with Crippen LogP contribution in [0, 0.1) is 11.8 Å². The Bertz CT molecular complexity index is 807. The zero-order valence-electron chi connectivity index (χ0n) is 21.7. The van der Waals surface area contributed by atoms with Crippen LogP contribution in [0.1, 0.15) is 54.4 Å². The first-order chi connectivity index (χ1) is 16.8. The standard InChI is InChI=1S/C23H39N3O10/c1-12(10-19(31)25-9-7-8-24)13(2)34-22(32)23(26-14(3)27)18(11-33-15(4)28)20(35-16(5)29)21(23)36-17(6)30/h12-13,18,20-22,32H,7-11,24H2,1-6H3,(H,25,31)(H,26,27). The predicted molar refractivity (Wildman–Crippen MR) is 125 cm³/mol. The molecule has 0 aromatic heterocycles. The fraction of sp³-hybridized carbons (Fsp3) is 0.783. The van der Waals surface area contributed by atoms with Crippen LogP contribution in [0.2, 0.25) is 0 Å². The van der Waals surface area contributed by atoms with Gasteiger partial charge in [-0.2, -0.15) is 0 Å². The third-order valence-electron chi connectivity index (χ3n) is 6.00. The molecular formula is C23H39N3O10. The van der Waals surface area contributed by atoms with Crippen molar-refractivity contribution in [3.8, 4) is 0 Å². The summed E-state index contributed by atoms with van der Waals surface area (Å²) in [5.74, 6) is -4.33. The minimum atomic E-state index is -1.82. The Balaban J connectivity index is 3.23. The predicted octanol–water partition coefficient (Wildman–Crippen LogP) is -0.868. The van der Waals surface area contributed by atoms with E-state index in [1.807, 2.05) is 0 Å². The molecule has 1 rings (SSSR count). The van der Waals surface area contributed by atoms with Gasteiger partial charge in [-0.05, 0) is 25.8 Å². The number of ether oxygens (including phenoxy) is 4. The summed E-state index contributed by atoms with van der Waals surface area (Å²) < 4.78 is 21.6. The fourth-order valence-electron chi connectivity index (χ4n) is 4.13. The van der Waals surface area contributed by atoms with Gasteiger partial charge in [-0.25, -0.2) is 0 Å². The molecule has 0 saturated heterocycles. The summed E-state index contributed by atoms with van der Waals surface area (Å²) in [5.41, 5.74) is 3.61. The van der Waals surface area contributed by atoms with Gasteiger partial charge in [0.25, 0.3) is 0 Å². The van der Waals surface area contributed by atoms with Gasteiger partial charge in [-0.3, -0.25) is 24.0 Å². The second kappa shape index (κ2) is 14.1. The second-order valence-corrected chi connectivity index (χ2v) is 8.99. The summed E-state index contributed by atoms with van der Waals surface area (Å²) in [7, 11) is 0.